The quantitative estimate of drug-likeness (QED) is 0.793. The third kappa shape index (κ3) is 3.96. The molecular formula is C15H23N3O. The van der Waals surface area contributed by atoms with E-state index in [1.54, 1.807) is 0 Å². The molecule has 2 rings (SSSR count). The summed E-state index contributed by atoms with van der Waals surface area (Å²) in [5.41, 5.74) is 7.71. The Balaban J connectivity index is 1.90. The summed E-state index contributed by atoms with van der Waals surface area (Å²) in [5.74, 6) is 0.216. The molecule has 0 unspecified atom stereocenters. The molecule has 4 nitrogen and oxygen atoms in total. The van der Waals surface area contributed by atoms with Gasteiger partial charge in [0.2, 0.25) is 5.91 Å². The van der Waals surface area contributed by atoms with E-state index in [1.807, 2.05) is 36.2 Å². The van der Waals surface area contributed by atoms with Gasteiger partial charge in [-0.15, -0.1) is 0 Å². The lowest BCUT2D eigenvalue weighted by Gasteiger charge is -2.24. The molecule has 1 saturated carbocycles. The second-order valence-electron chi connectivity index (χ2n) is 5.28. The number of anilines is 1. The first-order valence-electron chi connectivity index (χ1n) is 6.92. The fourth-order valence-electron chi connectivity index (χ4n) is 2.20. The van der Waals surface area contributed by atoms with Gasteiger partial charge in [0.05, 0.1) is 6.54 Å². The van der Waals surface area contributed by atoms with Crippen molar-refractivity contribution in [2.75, 3.05) is 25.9 Å². The van der Waals surface area contributed by atoms with Gasteiger partial charge in [-0.25, -0.2) is 0 Å². The van der Waals surface area contributed by atoms with E-state index < -0.39 is 0 Å². The number of nitrogen functional groups attached to an aromatic ring is 1. The maximum absolute atomic E-state index is 12.1. The van der Waals surface area contributed by atoms with Crippen molar-refractivity contribution >= 4 is 11.6 Å². The summed E-state index contributed by atoms with van der Waals surface area (Å²) in [6.07, 6.45) is 2.31. The molecule has 0 bridgehead atoms. The average Bonchev–Trinajstić information content (AvgIpc) is 3.21. The summed E-state index contributed by atoms with van der Waals surface area (Å²) in [4.78, 5) is 16.2. The standard InChI is InChI=1S/C15H23N3O/c1-3-18(10-12-5-4-6-13(16)9-12)11-15(19)17(2)14-7-8-14/h4-6,9,14H,3,7-8,10-11,16H2,1-2H3. The summed E-state index contributed by atoms with van der Waals surface area (Å²) >= 11 is 0. The highest BCUT2D eigenvalue weighted by molar-refractivity contribution is 5.78. The molecule has 0 heterocycles. The topological polar surface area (TPSA) is 49.6 Å². The van der Waals surface area contributed by atoms with Crippen LogP contribution in [-0.4, -0.2) is 41.9 Å². The summed E-state index contributed by atoms with van der Waals surface area (Å²) in [6.45, 7) is 4.19. The minimum atomic E-state index is 0.216. The fourth-order valence-corrected chi connectivity index (χ4v) is 2.20. The van der Waals surface area contributed by atoms with Crippen molar-refractivity contribution in [3.63, 3.8) is 0 Å². The Labute approximate surface area is 115 Å². The van der Waals surface area contributed by atoms with Gasteiger partial charge in [-0.1, -0.05) is 19.1 Å². The maximum atomic E-state index is 12.1. The van der Waals surface area contributed by atoms with Crippen LogP contribution >= 0.6 is 0 Å². The Bertz CT molecular complexity index is 443. The van der Waals surface area contributed by atoms with Crippen molar-refractivity contribution in [1.82, 2.24) is 9.80 Å². The van der Waals surface area contributed by atoms with Crippen molar-refractivity contribution in [3.8, 4) is 0 Å². The molecule has 0 radical (unpaired) electrons. The zero-order valence-corrected chi connectivity index (χ0v) is 11.8. The Morgan fingerprint density at radius 1 is 1.42 bits per heavy atom. The second kappa shape index (κ2) is 6.06. The average molecular weight is 261 g/mol. The van der Waals surface area contributed by atoms with Gasteiger partial charge in [-0.3, -0.25) is 9.69 Å². The van der Waals surface area contributed by atoms with Gasteiger partial charge in [-0.2, -0.15) is 0 Å². The maximum Gasteiger partial charge on any atom is 0.236 e. The molecule has 1 aliphatic rings. The van der Waals surface area contributed by atoms with Crippen molar-refractivity contribution in [2.45, 2.75) is 32.4 Å². The molecule has 2 N–H and O–H groups in total. The molecule has 104 valence electrons. The van der Waals surface area contributed by atoms with Crippen LogP contribution in [0.5, 0.6) is 0 Å². The van der Waals surface area contributed by atoms with E-state index >= 15 is 0 Å². The minimum Gasteiger partial charge on any atom is -0.399 e. The van der Waals surface area contributed by atoms with Crippen molar-refractivity contribution in [3.05, 3.63) is 29.8 Å². The van der Waals surface area contributed by atoms with Crippen LogP contribution in [0.4, 0.5) is 5.69 Å². The lowest BCUT2D eigenvalue weighted by Crippen LogP contribution is -2.39. The Morgan fingerprint density at radius 3 is 2.74 bits per heavy atom. The van der Waals surface area contributed by atoms with Gasteiger partial charge in [-0.05, 0) is 37.1 Å². The van der Waals surface area contributed by atoms with E-state index in [4.69, 9.17) is 5.73 Å². The molecule has 0 aromatic heterocycles. The predicted molar refractivity (Wildman–Crippen MR) is 77.6 cm³/mol. The first-order chi connectivity index (χ1) is 9.10. The van der Waals surface area contributed by atoms with E-state index in [-0.39, 0.29) is 5.91 Å². The van der Waals surface area contributed by atoms with Crippen LogP contribution in [0.1, 0.15) is 25.3 Å². The molecule has 19 heavy (non-hydrogen) atoms. The number of likely N-dealkylation sites (N-methyl/N-ethyl adjacent to an activating group) is 2. The van der Waals surface area contributed by atoms with Gasteiger partial charge >= 0.3 is 0 Å². The molecule has 1 aromatic rings. The number of hydrogen-bond acceptors (Lipinski definition) is 3. The first-order valence-corrected chi connectivity index (χ1v) is 6.92. The van der Waals surface area contributed by atoms with E-state index in [1.165, 1.54) is 0 Å². The van der Waals surface area contributed by atoms with Gasteiger partial charge in [0.1, 0.15) is 0 Å². The Hall–Kier alpha value is -1.55. The summed E-state index contributed by atoms with van der Waals surface area (Å²) in [7, 11) is 1.91. The van der Waals surface area contributed by atoms with Crippen molar-refractivity contribution in [2.24, 2.45) is 0 Å². The summed E-state index contributed by atoms with van der Waals surface area (Å²) in [6, 6.07) is 8.34. The number of amides is 1. The number of hydrogen-bond donors (Lipinski definition) is 1. The highest BCUT2D eigenvalue weighted by Crippen LogP contribution is 2.25. The third-order valence-electron chi connectivity index (χ3n) is 3.65. The Morgan fingerprint density at radius 2 is 2.16 bits per heavy atom. The summed E-state index contributed by atoms with van der Waals surface area (Å²) in [5, 5.41) is 0. The zero-order valence-electron chi connectivity index (χ0n) is 11.8. The molecule has 0 aliphatic heterocycles. The molecule has 1 aliphatic carbocycles. The SMILES string of the molecule is CCN(CC(=O)N(C)C1CC1)Cc1cccc(N)c1. The fraction of sp³-hybridized carbons (Fsp3) is 0.533. The highest BCUT2D eigenvalue weighted by Gasteiger charge is 2.29. The van der Waals surface area contributed by atoms with Crippen molar-refractivity contribution in [1.29, 1.82) is 0 Å². The second-order valence-corrected chi connectivity index (χ2v) is 5.28. The smallest absolute Gasteiger partial charge is 0.236 e. The number of rotatable bonds is 6. The van der Waals surface area contributed by atoms with E-state index in [2.05, 4.69) is 11.8 Å². The summed E-state index contributed by atoms with van der Waals surface area (Å²) < 4.78 is 0. The third-order valence-corrected chi connectivity index (χ3v) is 3.65. The molecule has 1 amide bonds. The van der Waals surface area contributed by atoms with Crippen molar-refractivity contribution < 1.29 is 4.79 Å². The van der Waals surface area contributed by atoms with Gasteiger partial charge < -0.3 is 10.6 Å². The number of carbonyl (C=O) groups is 1. The van der Waals surface area contributed by atoms with Crippen LogP contribution in [0.3, 0.4) is 0 Å². The van der Waals surface area contributed by atoms with E-state index in [0.717, 1.165) is 37.2 Å². The van der Waals surface area contributed by atoms with Crippen LogP contribution < -0.4 is 5.73 Å². The lowest BCUT2D eigenvalue weighted by molar-refractivity contribution is -0.131. The van der Waals surface area contributed by atoms with E-state index in [0.29, 0.717) is 12.6 Å². The van der Waals surface area contributed by atoms with Crippen LogP contribution in [-0.2, 0) is 11.3 Å². The van der Waals surface area contributed by atoms with Gasteiger partial charge in [0.25, 0.3) is 0 Å². The van der Waals surface area contributed by atoms with Gasteiger partial charge in [0, 0.05) is 25.3 Å². The van der Waals surface area contributed by atoms with E-state index in [9.17, 15) is 4.79 Å². The molecule has 1 fully saturated rings. The van der Waals surface area contributed by atoms with Gasteiger partial charge in [0.15, 0.2) is 0 Å². The number of nitrogens with two attached hydrogens (primary N) is 1. The molecule has 4 heteroatoms. The first kappa shape index (κ1) is 13.9. The number of benzene rings is 1. The zero-order chi connectivity index (χ0) is 13.8. The normalized spacial score (nSPS) is 14.7. The lowest BCUT2D eigenvalue weighted by atomic mass is 10.2. The van der Waals surface area contributed by atoms with Crippen LogP contribution in [0.2, 0.25) is 0 Å². The Kier molecular flexibility index (Phi) is 4.43. The number of carbonyl (C=O) groups excluding carboxylic acids is 1. The minimum absolute atomic E-state index is 0.216. The highest BCUT2D eigenvalue weighted by atomic mass is 16.2. The molecule has 0 saturated heterocycles. The molecular weight excluding hydrogens is 238 g/mol. The predicted octanol–water partition coefficient (Wildman–Crippen LogP) is 1.71. The largest absolute Gasteiger partial charge is 0.399 e. The van der Waals surface area contributed by atoms with Crippen LogP contribution in [0.15, 0.2) is 24.3 Å². The monoisotopic (exact) mass is 261 g/mol. The van der Waals surface area contributed by atoms with Crippen LogP contribution in [0.25, 0.3) is 0 Å². The molecule has 0 spiro atoms. The van der Waals surface area contributed by atoms with Crippen LogP contribution in [0, 0.1) is 0 Å². The number of nitrogens with zero attached hydrogens (tertiary/aromatic N) is 2. The molecule has 0 atom stereocenters. The molecule has 1 aromatic carbocycles.